The number of pyridine rings is 1. The van der Waals surface area contributed by atoms with E-state index in [4.69, 9.17) is 0 Å². The lowest BCUT2D eigenvalue weighted by Crippen LogP contribution is -2.51. The topological polar surface area (TPSA) is 77.2 Å². The van der Waals surface area contributed by atoms with Gasteiger partial charge >= 0.3 is 6.09 Å². The Kier molecular flexibility index (Phi) is 2.71. The van der Waals surface area contributed by atoms with Crippen LogP contribution >= 0.6 is 0 Å². The number of fused-ring (bicyclic) bond motifs is 2. The number of carbonyl (C=O) groups is 1. The zero-order valence-corrected chi connectivity index (χ0v) is 10.5. The molecule has 5 nitrogen and oxygen atoms in total. The molecule has 0 aliphatic carbocycles. The lowest BCUT2D eigenvalue weighted by Gasteiger charge is -2.41. The first-order valence-electron chi connectivity index (χ1n) is 6.28. The van der Waals surface area contributed by atoms with Crippen LogP contribution in [-0.4, -0.2) is 33.2 Å². The number of rotatable bonds is 1. The van der Waals surface area contributed by atoms with E-state index in [1.807, 2.05) is 12.2 Å². The molecule has 102 valence electrons. The Morgan fingerprint density at radius 2 is 2.10 bits per heavy atom. The molecule has 2 aliphatic rings. The quantitative estimate of drug-likeness (QED) is 0.794. The molecule has 1 N–H and O–H groups in total. The summed E-state index contributed by atoms with van der Waals surface area (Å²) in [5, 5.41) is 18.8. The van der Waals surface area contributed by atoms with Crippen LogP contribution < -0.4 is 0 Å². The number of carboxylic acid groups (broad SMARTS) is 1. The summed E-state index contributed by atoms with van der Waals surface area (Å²) < 4.78 is 13.4. The first-order valence-corrected chi connectivity index (χ1v) is 6.28. The predicted octanol–water partition coefficient (Wildman–Crippen LogP) is 2.06. The van der Waals surface area contributed by atoms with Crippen molar-refractivity contribution in [3.8, 4) is 6.07 Å². The Labute approximate surface area is 115 Å². The average Bonchev–Trinajstić information content (AvgIpc) is 2.71. The number of nitriles is 1. The Bertz CT molecular complexity index is 622. The van der Waals surface area contributed by atoms with Crippen LogP contribution in [0.15, 0.2) is 30.6 Å². The van der Waals surface area contributed by atoms with E-state index in [2.05, 4.69) is 11.1 Å². The molecule has 20 heavy (non-hydrogen) atoms. The molecule has 1 fully saturated rings. The second-order valence-corrected chi connectivity index (χ2v) is 5.20. The SMILES string of the molecule is N#CC1(c2cncc(F)c2)C[C@H]2C=C[C@@H](C1)N2C(=O)O. The molecule has 3 rings (SSSR count). The van der Waals surface area contributed by atoms with E-state index >= 15 is 0 Å². The van der Waals surface area contributed by atoms with E-state index in [0.29, 0.717) is 18.4 Å². The van der Waals surface area contributed by atoms with Gasteiger partial charge in [0.15, 0.2) is 0 Å². The van der Waals surface area contributed by atoms with Gasteiger partial charge in [-0.05, 0) is 24.5 Å². The highest BCUT2D eigenvalue weighted by molar-refractivity contribution is 5.68. The summed E-state index contributed by atoms with van der Waals surface area (Å²) in [6, 6.07) is 2.89. The van der Waals surface area contributed by atoms with Gasteiger partial charge in [0.1, 0.15) is 5.82 Å². The maximum absolute atomic E-state index is 13.4. The second-order valence-electron chi connectivity index (χ2n) is 5.20. The van der Waals surface area contributed by atoms with Crippen LogP contribution in [0.5, 0.6) is 0 Å². The van der Waals surface area contributed by atoms with Gasteiger partial charge in [0.25, 0.3) is 0 Å². The van der Waals surface area contributed by atoms with Gasteiger partial charge in [-0.2, -0.15) is 5.26 Å². The summed E-state index contributed by atoms with van der Waals surface area (Å²) in [5.41, 5.74) is -0.372. The van der Waals surface area contributed by atoms with Crippen molar-refractivity contribution in [2.75, 3.05) is 0 Å². The largest absolute Gasteiger partial charge is 0.465 e. The van der Waals surface area contributed by atoms with Gasteiger partial charge in [-0.15, -0.1) is 0 Å². The highest BCUT2D eigenvalue weighted by Crippen LogP contribution is 2.44. The Morgan fingerprint density at radius 1 is 1.45 bits per heavy atom. The summed E-state index contributed by atoms with van der Waals surface area (Å²) >= 11 is 0. The summed E-state index contributed by atoms with van der Waals surface area (Å²) in [5.74, 6) is -0.488. The number of hydrogen-bond donors (Lipinski definition) is 1. The van der Waals surface area contributed by atoms with Crippen molar-refractivity contribution >= 4 is 6.09 Å². The van der Waals surface area contributed by atoms with Crippen LogP contribution in [0.1, 0.15) is 18.4 Å². The van der Waals surface area contributed by atoms with Crippen molar-refractivity contribution in [3.05, 3.63) is 42.0 Å². The number of halogens is 1. The fraction of sp³-hybridized carbons (Fsp3) is 0.357. The second kappa shape index (κ2) is 4.30. The first kappa shape index (κ1) is 12.6. The van der Waals surface area contributed by atoms with E-state index in [9.17, 15) is 19.6 Å². The molecule has 2 bridgehead atoms. The van der Waals surface area contributed by atoms with Crippen LogP contribution in [0.25, 0.3) is 0 Å². The van der Waals surface area contributed by atoms with Gasteiger partial charge in [-0.1, -0.05) is 12.2 Å². The van der Waals surface area contributed by atoms with E-state index in [1.165, 1.54) is 17.2 Å². The molecule has 1 unspecified atom stereocenters. The molecule has 2 aliphatic heterocycles. The number of piperidine rings is 1. The molecule has 1 saturated heterocycles. The van der Waals surface area contributed by atoms with Crippen LogP contribution in [0, 0.1) is 17.1 Å². The van der Waals surface area contributed by atoms with Crippen LogP contribution in [0.4, 0.5) is 9.18 Å². The minimum absolute atomic E-state index is 0.327. The molecule has 6 heteroatoms. The predicted molar refractivity (Wildman–Crippen MR) is 67.3 cm³/mol. The molecule has 0 radical (unpaired) electrons. The van der Waals surface area contributed by atoms with Crippen molar-refractivity contribution in [2.45, 2.75) is 30.3 Å². The zero-order valence-electron chi connectivity index (χ0n) is 10.5. The third-order valence-electron chi connectivity index (χ3n) is 4.08. The highest BCUT2D eigenvalue weighted by atomic mass is 19.1. The Balaban J connectivity index is 1.99. The standard InChI is InChI=1S/C14H12FN3O2/c15-10-3-9(6-17-7-10)14(8-16)4-11-1-2-12(5-14)18(11)13(19)20/h1-3,6-7,11-12H,4-5H2,(H,19,20)/t11-,12+,14?. The van der Waals surface area contributed by atoms with Crippen molar-refractivity contribution < 1.29 is 14.3 Å². The van der Waals surface area contributed by atoms with Crippen molar-refractivity contribution in [3.63, 3.8) is 0 Å². The van der Waals surface area contributed by atoms with Gasteiger partial charge in [0.2, 0.25) is 0 Å². The van der Waals surface area contributed by atoms with E-state index in [-0.39, 0.29) is 12.1 Å². The monoisotopic (exact) mass is 273 g/mol. The maximum atomic E-state index is 13.4. The van der Waals surface area contributed by atoms with Crippen molar-refractivity contribution in [2.24, 2.45) is 0 Å². The van der Waals surface area contributed by atoms with Crippen LogP contribution in [0.3, 0.4) is 0 Å². The minimum Gasteiger partial charge on any atom is -0.465 e. The number of amides is 1. The highest BCUT2D eigenvalue weighted by Gasteiger charge is 2.49. The van der Waals surface area contributed by atoms with Gasteiger partial charge in [0, 0.05) is 6.20 Å². The molecule has 3 heterocycles. The fourth-order valence-corrected chi connectivity index (χ4v) is 3.17. The van der Waals surface area contributed by atoms with Crippen LogP contribution in [-0.2, 0) is 5.41 Å². The first-order chi connectivity index (χ1) is 9.55. The molecule has 0 saturated carbocycles. The lowest BCUT2D eigenvalue weighted by atomic mass is 9.71. The summed E-state index contributed by atoms with van der Waals surface area (Å²) in [4.78, 5) is 16.4. The van der Waals surface area contributed by atoms with Crippen molar-refractivity contribution in [1.29, 1.82) is 5.26 Å². The number of aromatic nitrogens is 1. The van der Waals surface area contributed by atoms with Gasteiger partial charge in [-0.3, -0.25) is 9.88 Å². The normalized spacial score (nSPS) is 31.1. The molecular weight excluding hydrogens is 261 g/mol. The van der Waals surface area contributed by atoms with E-state index in [1.54, 1.807) is 0 Å². The average molecular weight is 273 g/mol. The third kappa shape index (κ3) is 1.74. The summed E-state index contributed by atoms with van der Waals surface area (Å²) in [6.45, 7) is 0. The Morgan fingerprint density at radius 3 is 2.60 bits per heavy atom. The van der Waals surface area contributed by atoms with Crippen LogP contribution in [0.2, 0.25) is 0 Å². The maximum Gasteiger partial charge on any atom is 0.408 e. The minimum atomic E-state index is -0.992. The number of nitrogens with zero attached hydrogens (tertiary/aromatic N) is 3. The summed E-state index contributed by atoms with van der Waals surface area (Å²) in [6.07, 6.45) is 5.86. The summed E-state index contributed by atoms with van der Waals surface area (Å²) in [7, 11) is 0. The Hall–Kier alpha value is -2.42. The molecule has 0 aromatic carbocycles. The molecular formula is C14H12FN3O2. The van der Waals surface area contributed by atoms with Gasteiger partial charge in [0.05, 0.1) is 29.8 Å². The molecule has 1 amide bonds. The van der Waals surface area contributed by atoms with E-state index in [0.717, 1.165) is 6.20 Å². The molecule has 3 atom stereocenters. The number of hydrogen-bond acceptors (Lipinski definition) is 3. The van der Waals surface area contributed by atoms with Crippen molar-refractivity contribution in [1.82, 2.24) is 9.88 Å². The van der Waals surface area contributed by atoms with Gasteiger partial charge < -0.3 is 5.11 Å². The third-order valence-corrected chi connectivity index (χ3v) is 4.08. The van der Waals surface area contributed by atoms with E-state index < -0.39 is 17.3 Å². The molecule has 1 aromatic heterocycles. The smallest absolute Gasteiger partial charge is 0.408 e. The fourth-order valence-electron chi connectivity index (χ4n) is 3.17. The van der Waals surface area contributed by atoms with Gasteiger partial charge in [-0.25, -0.2) is 9.18 Å². The molecule has 0 spiro atoms. The zero-order chi connectivity index (χ0) is 14.3. The lowest BCUT2D eigenvalue weighted by molar-refractivity contribution is 0.0934. The molecule has 1 aromatic rings.